The Kier molecular flexibility index (Phi) is 1.98. The Morgan fingerprint density at radius 3 is 2.69 bits per heavy atom. The molecule has 1 aliphatic carbocycles. The molecule has 3 nitrogen and oxygen atoms in total. The second kappa shape index (κ2) is 2.90. The normalized spacial score (nSPS) is 35.8. The van der Waals surface area contributed by atoms with Crippen molar-refractivity contribution in [3.05, 3.63) is 0 Å². The first kappa shape index (κ1) is 8.87. The fraction of sp³-hybridized carbons (Fsp3) is 0.875. The third-order valence-corrected chi connectivity index (χ3v) is 2.52. The lowest BCUT2D eigenvalue weighted by Crippen LogP contribution is -2.42. The van der Waals surface area contributed by atoms with Gasteiger partial charge >= 0.3 is 0 Å². The average molecular weight is 190 g/mol. The second-order valence-corrected chi connectivity index (χ2v) is 3.68. The highest BCUT2D eigenvalue weighted by molar-refractivity contribution is 5.82. The van der Waals surface area contributed by atoms with Crippen LogP contribution in [-0.2, 0) is 4.79 Å². The Morgan fingerprint density at radius 2 is 2.23 bits per heavy atom. The molecule has 5 heteroatoms. The smallest absolute Gasteiger partial charge is 0.270 e. The van der Waals surface area contributed by atoms with E-state index in [4.69, 9.17) is 0 Å². The summed E-state index contributed by atoms with van der Waals surface area (Å²) in [6.45, 7) is 0.805. The van der Waals surface area contributed by atoms with Crippen LogP contribution in [0.1, 0.15) is 19.3 Å². The van der Waals surface area contributed by atoms with Gasteiger partial charge in [-0.25, -0.2) is 8.78 Å². The largest absolute Gasteiger partial charge is 0.346 e. The van der Waals surface area contributed by atoms with Crippen molar-refractivity contribution in [1.82, 2.24) is 10.6 Å². The molecule has 2 fully saturated rings. The first-order valence-electron chi connectivity index (χ1n) is 4.51. The highest BCUT2D eigenvalue weighted by Gasteiger charge is 2.58. The summed E-state index contributed by atoms with van der Waals surface area (Å²) in [7, 11) is 0. The lowest BCUT2D eigenvalue weighted by atomic mass is 10.2. The van der Waals surface area contributed by atoms with Gasteiger partial charge in [-0.15, -0.1) is 0 Å². The summed E-state index contributed by atoms with van der Waals surface area (Å²) in [5.74, 6) is -2.94. The van der Waals surface area contributed by atoms with E-state index in [9.17, 15) is 13.6 Å². The van der Waals surface area contributed by atoms with E-state index in [1.165, 1.54) is 0 Å². The highest BCUT2D eigenvalue weighted by atomic mass is 19.3. The van der Waals surface area contributed by atoms with E-state index in [2.05, 4.69) is 10.6 Å². The van der Waals surface area contributed by atoms with Crippen LogP contribution in [0.2, 0.25) is 0 Å². The Hall–Kier alpha value is -0.710. The lowest BCUT2D eigenvalue weighted by molar-refractivity contribution is -0.123. The summed E-state index contributed by atoms with van der Waals surface area (Å²) in [4.78, 5) is 11.3. The van der Waals surface area contributed by atoms with Crippen molar-refractivity contribution in [3.8, 4) is 0 Å². The predicted octanol–water partition coefficient (Wildman–Crippen LogP) is 0.262. The van der Waals surface area contributed by atoms with Crippen LogP contribution in [-0.4, -0.2) is 30.5 Å². The van der Waals surface area contributed by atoms with E-state index < -0.39 is 12.0 Å². The van der Waals surface area contributed by atoms with Crippen LogP contribution in [0.15, 0.2) is 0 Å². The second-order valence-electron chi connectivity index (χ2n) is 3.68. The van der Waals surface area contributed by atoms with Gasteiger partial charge in [-0.3, -0.25) is 4.79 Å². The van der Waals surface area contributed by atoms with Crippen molar-refractivity contribution in [3.63, 3.8) is 0 Å². The van der Waals surface area contributed by atoms with Crippen LogP contribution in [0.4, 0.5) is 8.78 Å². The third kappa shape index (κ3) is 1.80. The Bertz CT molecular complexity index is 226. The summed E-state index contributed by atoms with van der Waals surface area (Å²) in [6.07, 6.45) is 1.49. The standard InChI is InChI=1S/C8H12F2N2O/c9-8(10)4-6(8)12-7(13)5-2-1-3-11-5/h5-6,11H,1-4H2,(H,12,13)/t5?,6-/m0/s1. The number of rotatable bonds is 2. The van der Waals surface area contributed by atoms with Gasteiger partial charge in [0, 0.05) is 6.42 Å². The molecule has 0 aromatic carbocycles. The first-order chi connectivity index (χ1) is 6.09. The molecule has 1 aliphatic heterocycles. The number of nitrogens with one attached hydrogen (secondary N) is 2. The molecule has 0 aromatic heterocycles. The van der Waals surface area contributed by atoms with E-state index in [0.717, 1.165) is 19.4 Å². The Labute approximate surface area is 74.9 Å². The van der Waals surface area contributed by atoms with Gasteiger partial charge in [0.1, 0.15) is 0 Å². The quantitative estimate of drug-likeness (QED) is 0.656. The zero-order valence-electron chi connectivity index (χ0n) is 7.15. The van der Waals surface area contributed by atoms with Gasteiger partial charge in [-0.2, -0.15) is 0 Å². The topological polar surface area (TPSA) is 41.1 Å². The maximum absolute atomic E-state index is 12.4. The molecule has 74 valence electrons. The number of carbonyl (C=O) groups excluding carboxylic acids is 1. The minimum absolute atomic E-state index is 0.203. The molecule has 2 aliphatic rings. The SMILES string of the molecule is O=C(N[C@H]1CC1(F)F)C1CCCN1. The molecule has 0 radical (unpaired) electrons. The molecule has 2 rings (SSSR count). The summed E-state index contributed by atoms with van der Waals surface area (Å²) in [5, 5.41) is 5.29. The van der Waals surface area contributed by atoms with Gasteiger partial charge in [0.05, 0.1) is 12.1 Å². The van der Waals surface area contributed by atoms with Crippen LogP contribution in [0, 0.1) is 0 Å². The zero-order chi connectivity index (χ0) is 9.47. The lowest BCUT2D eigenvalue weighted by Gasteiger charge is -2.09. The number of hydrogen-bond donors (Lipinski definition) is 2. The minimum atomic E-state index is -2.66. The van der Waals surface area contributed by atoms with Crippen LogP contribution in [0.5, 0.6) is 0 Å². The van der Waals surface area contributed by atoms with Crippen molar-refractivity contribution in [2.75, 3.05) is 6.54 Å². The molecule has 1 saturated carbocycles. The summed E-state index contributed by atoms with van der Waals surface area (Å²) >= 11 is 0. The van der Waals surface area contributed by atoms with E-state index in [1.807, 2.05) is 0 Å². The van der Waals surface area contributed by atoms with Gasteiger partial charge in [-0.1, -0.05) is 0 Å². The summed E-state index contributed by atoms with van der Waals surface area (Å²) in [5.41, 5.74) is 0. The molecular formula is C8H12F2N2O. The minimum Gasteiger partial charge on any atom is -0.346 e. The van der Waals surface area contributed by atoms with Gasteiger partial charge in [0.15, 0.2) is 0 Å². The van der Waals surface area contributed by atoms with Crippen molar-refractivity contribution in [2.24, 2.45) is 0 Å². The van der Waals surface area contributed by atoms with Gasteiger partial charge < -0.3 is 10.6 Å². The third-order valence-electron chi connectivity index (χ3n) is 2.52. The molecule has 0 aromatic rings. The van der Waals surface area contributed by atoms with Crippen LogP contribution in [0.25, 0.3) is 0 Å². The monoisotopic (exact) mass is 190 g/mol. The number of amides is 1. The molecule has 1 saturated heterocycles. The van der Waals surface area contributed by atoms with E-state index in [0.29, 0.717) is 0 Å². The molecule has 0 spiro atoms. The average Bonchev–Trinajstić information content (AvgIpc) is 2.58. The van der Waals surface area contributed by atoms with Gasteiger partial charge in [-0.05, 0) is 19.4 Å². The van der Waals surface area contributed by atoms with E-state index >= 15 is 0 Å². The van der Waals surface area contributed by atoms with Crippen molar-refractivity contribution >= 4 is 5.91 Å². The van der Waals surface area contributed by atoms with E-state index in [-0.39, 0.29) is 18.4 Å². The number of hydrogen-bond acceptors (Lipinski definition) is 2. The van der Waals surface area contributed by atoms with E-state index in [1.54, 1.807) is 0 Å². The van der Waals surface area contributed by atoms with Crippen LogP contribution < -0.4 is 10.6 Å². The maximum Gasteiger partial charge on any atom is 0.270 e. The van der Waals surface area contributed by atoms with Gasteiger partial charge in [0.2, 0.25) is 5.91 Å². The molecule has 1 heterocycles. The van der Waals surface area contributed by atoms with Crippen molar-refractivity contribution in [1.29, 1.82) is 0 Å². The first-order valence-corrected chi connectivity index (χ1v) is 4.51. The number of alkyl halides is 2. The maximum atomic E-state index is 12.4. The molecule has 0 bridgehead atoms. The predicted molar refractivity (Wildman–Crippen MR) is 42.5 cm³/mol. The molecule has 1 unspecified atom stereocenters. The molecule has 1 amide bonds. The van der Waals surface area contributed by atoms with Gasteiger partial charge in [0.25, 0.3) is 5.92 Å². The van der Waals surface area contributed by atoms with Crippen LogP contribution >= 0.6 is 0 Å². The molecule has 2 atom stereocenters. The molecule has 2 N–H and O–H groups in total. The van der Waals surface area contributed by atoms with Crippen molar-refractivity contribution < 1.29 is 13.6 Å². The number of carbonyl (C=O) groups is 1. The molecule has 13 heavy (non-hydrogen) atoms. The van der Waals surface area contributed by atoms with Crippen LogP contribution in [0.3, 0.4) is 0 Å². The highest BCUT2D eigenvalue weighted by Crippen LogP contribution is 2.41. The fourth-order valence-corrected chi connectivity index (χ4v) is 1.55. The Morgan fingerprint density at radius 1 is 1.54 bits per heavy atom. The Balaban J connectivity index is 1.79. The number of halogens is 2. The van der Waals surface area contributed by atoms with Crippen molar-refractivity contribution in [2.45, 2.75) is 37.3 Å². The molecular weight excluding hydrogens is 178 g/mol. The fourth-order valence-electron chi connectivity index (χ4n) is 1.55. The zero-order valence-corrected chi connectivity index (χ0v) is 7.15. The summed E-state index contributed by atoms with van der Waals surface area (Å²) < 4.78 is 24.8. The summed E-state index contributed by atoms with van der Waals surface area (Å²) in [6, 6.07) is -1.17.